The number of rotatable bonds is 12. The van der Waals surface area contributed by atoms with E-state index in [1.807, 2.05) is 62.4 Å². The molecule has 2 heterocycles. The van der Waals surface area contributed by atoms with Crippen LogP contribution in [0, 0.1) is 0 Å². The van der Waals surface area contributed by atoms with E-state index in [4.69, 9.17) is 28.7 Å². The molecule has 0 spiro atoms. The highest BCUT2D eigenvalue weighted by atomic mass is 32.1. The normalized spacial score (nSPS) is 14.3. The Morgan fingerprint density at radius 3 is 2.37 bits per heavy atom. The van der Waals surface area contributed by atoms with Crippen molar-refractivity contribution in [1.29, 1.82) is 0 Å². The topological polar surface area (TPSA) is 97.6 Å². The van der Waals surface area contributed by atoms with Gasteiger partial charge in [-0.05, 0) is 85.5 Å². The molecule has 0 unspecified atom stereocenters. The van der Waals surface area contributed by atoms with Crippen molar-refractivity contribution in [3.8, 4) is 23.0 Å². The average molecular weight is 679 g/mol. The average Bonchev–Trinajstić information content (AvgIpc) is 3.41. The molecular weight excluding hydrogens is 641 g/mol. The number of nitrogens with zero attached hydrogens (tertiary/aromatic N) is 2. The van der Waals surface area contributed by atoms with E-state index in [1.165, 1.54) is 11.3 Å². The molecule has 1 aliphatic heterocycles. The van der Waals surface area contributed by atoms with Crippen LogP contribution >= 0.6 is 11.3 Å². The van der Waals surface area contributed by atoms with Gasteiger partial charge in [0.1, 0.15) is 6.61 Å². The van der Waals surface area contributed by atoms with Crippen LogP contribution in [0.15, 0.2) is 99.9 Å². The third kappa shape index (κ3) is 6.82. The first-order valence-electron chi connectivity index (χ1n) is 16.2. The zero-order valence-electron chi connectivity index (χ0n) is 28.1. The van der Waals surface area contributed by atoms with Crippen LogP contribution in [0.25, 0.3) is 16.8 Å². The molecule has 4 aromatic carbocycles. The van der Waals surface area contributed by atoms with Gasteiger partial charge in [-0.2, -0.15) is 0 Å². The number of aromatic nitrogens is 1. The Morgan fingerprint density at radius 1 is 0.857 bits per heavy atom. The van der Waals surface area contributed by atoms with Crippen LogP contribution in [0.1, 0.15) is 50.4 Å². The van der Waals surface area contributed by atoms with Crippen molar-refractivity contribution in [3.63, 3.8) is 0 Å². The van der Waals surface area contributed by atoms with Gasteiger partial charge in [0.15, 0.2) is 27.8 Å². The van der Waals surface area contributed by atoms with Gasteiger partial charge in [0.25, 0.3) is 5.56 Å². The van der Waals surface area contributed by atoms with Gasteiger partial charge >= 0.3 is 5.97 Å². The van der Waals surface area contributed by atoms with Crippen molar-refractivity contribution in [1.82, 2.24) is 4.57 Å². The second kappa shape index (κ2) is 14.8. The fourth-order valence-electron chi connectivity index (χ4n) is 5.96. The molecule has 6 rings (SSSR count). The molecule has 0 N–H and O–H groups in total. The first-order chi connectivity index (χ1) is 23.9. The van der Waals surface area contributed by atoms with Crippen LogP contribution in [0.4, 0.5) is 0 Å². The van der Waals surface area contributed by atoms with Gasteiger partial charge in [-0.25, -0.2) is 9.79 Å². The molecule has 0 saturated carbocycles. The number of allylic oxidation sites excluding steroid dienone is 1. The Hall–Kier alpha value is -5.35. The predicted molar refractivity (Wildman–Crippen MR) is 190 cm³/mol. The van der Waals surface area contributed by atoms with Gasteiger partial charge in [0, 0.05) is 0 Å². The first-order valence-corrected chi connectivity index (χ1v) is 17.0. The largest absolute Gasteiger partial charge is 0.493 e. The lowest BCUT2D eigenvalue weighted by Crippen LogP contribution is -2.40. The predicted octanol–water partition coefficient (Wildman–Crippen LogP) is 6.34. The third-order valence-corrected chi connectivity index (χ3v) is 9.13. The SMILES string of the molecule is CCOC(=O)C1=C(C)N=c2s/c(=C\c3ccc(OCc4cccc5ccccc45)c(OC)c3)c(=O)n2[C@@H]1c1ccc(OCC)c(OCC)c1. The number of fused-ring (bicyclic) bond motifs is 2. The number of methoxy groups -OCH3 is 1. The summed E-state index contributed by atoms with van der Waals surface area (Å²) in [4.78, 5) is 32.7. The van der Waals surface area contributed by atoms with Crippen LogP contribution < -0.4 is 33.8 Å². The summed E-state index contributed by atoms with van der Waals surface area (Å²) >= 11 is 1.25. The van der Waals surface area contributed by atoms with Crippen molar-refractivity contribution in [3.05, 3.63) is 127 Å². The third-order valence-electron chi connectivity index (χ3n) is 8.15. The molecule has 49 heavy (non-hydrogen) atoms. The minimum atomic E-state index is -0.785. The summed E-state index contributed by atoms with van der Waals surface area (Å²) < 4.78 is 31.0. The lowest BCUT2D eigenvalue weighted by Gasteiger charge is -2.25. The lowest BCUT2D eigenvalue weighted by molar-refractivity contribution is -0.139. The molecular formula is C39H38N2O7S. The van der Waals surface area contributed by atoms with Gasteiger partial charge in [-0.15, -0.1) is 0 Å². The van der Waals surface area contributed by atoms with Gasteiger partial charge in [-0.3, -0.25) is 9.36 Å². The number of carbonyl (C=O) groups excluding carboxylic acids is 1. The summed E-state index contributed by atoms with van der Waals surface area (Å²) in [6, 6.07) is 24.6. The molecule has 0 fully saturated rings. The second-order valence-corrected chi connectivity index (χ2v) is 12.2. The zero-order chi connectivity index (χ0) is 34.5. The molecule has 0 radical (unpaired) electrons. The highest BCUT2D eigenvalue weighted by molar-refractivity contribution is 7.07. The fourth-order valence-corrected chi connectivity index (χ4v) is 7.01. The molecule has 0 bridgehead atoms. The van der Waals surface area contributed by atoms with E-state index >= 15 is 0 Å². The number of ether oxygens (including phenoxy) is 5. The monoisotopic (exact) mass is 678 g/mol. The quantitative estimate of drug-likeness (QED) is 0.142. The van der Waals surface area contributed by atoms with E-state index < -0.39 is 12.0 Å². The maximum absolute atomic E-state index is 14.2. The number of hydrogen-bond donors (Lipinski definition) is 0. The molecule has 0 saturated heterocycles. The van der Waals surface area contributed by atoms with Crippen molar-refractivity contribution >= 4 is 34.2 Å². The van der Waals surface area contributed by atoms with Crippen LogP contribution in [0.3, 0.4) is 0 Å². The highest BCUT2D eigenvalue weighted by Crippen LogP contribution is 2.36. The van der Waals surface area contributed by atoms with Crippen LogP contribution in [-0.4, -0.2) is 37.5 Å². The molecule has 10 heteroatoms. The Morgan fingerprint density at radius 2 is 1.59 bits per heavy atom. The Kier molecular flexibility index (Phi) is 10.1. The van der Waals surface area contributed by atoms with Gasteiger partial charge in [-0.1, -0.05) is 65.9 Å². The van der Waals surface area contributed by atoms with E-state index in [0.717, 1.165) is 21.9 Å². The maximum Gasteiger partial charge on any atom is 0.338 e. The number of benzene rings is 4. The molecule has 1 atom stereocenters. The summed E-state index contributed by atoms with van der Waals surface area (Å²) in [5.41, 5.74) is 2.98. The van der Waals surface area contributed by atoms with E-state index in [0.29, 0.717) is 69.0 Å². The van der Waals surface area contributed by atoms with Crippen molar-refractivity contribution in [2.24, 2.45) is 4.99 Å². The van der Waals surface area contributed by atoms with E-state index in [9.17, 15) is 9.59 Å². The number of carbonyl (C=O) groups is 1. The van der Waals surface area contributed by atoms with E-state index in [-0.39, 0.29) is 12.2 Å². The van der Waals surface area contributed by atoms with Crippen molar-refractivity contribution in [2.75, 3.05) is 26.9 Å². The number of thiazole rings is 1. The van der Waals surface area contributed by atoms with Crippen LogP contribution in [0.2, 0.25) is 0 Å². The molecule has 0 amide bonds. The smallest absolute Gasteiger partial charge is 0.338 e. The van der Waals surface area contributed by atoms with Crippen LogP contribution in [-0.2, 0) is 16.1 Å². The fraction of sp³-hybridized carbons (Fsp3) is 0.256. The summed E-state index contributed by atoms with van der Waals surface area (Å²) in [5.74, 6) is 1.70. The highest BCUT2D eigenvalue weighted by Gasteiger charge is 2.34. The summed E-state index contributed by atoms with van der Waals surface area (Å²) in [5, 5.41) is 2.28. The van der Waals surface area contributed by atoms with Crippen molar-refractivity contribution < 1.29 is 28.5 Å². The molecule has 1 aromatic heterocycles. The molecule has 5 aromatic rings. The Balaban J connectivity index is 1.38. The minimum Gasteiger partial charge on any atom is -0.493 e. The summed E-state index contributed by atoms with van der Waals surface area (Å²) in [7, 11) is 1.59. The first kappa shape index (κ1) is 33.5. The summed E-state index contributed by atoms with van der Waals surface area (Å²) in [6.45, 7) is 8.73. The Labute approximate surface area is 288 Å². The molecule has 9 nitrogen and oxygen atoms in total. The molecule has 1 aliphatic rings. The molecule has 0 aliphatic carbocycles. The lowest BCUT2D eigenvalue weighted by atomic mass is 9.95. The van der Waals surface area contributed by atoms with Crippen molar-refractivity contribution in [2.45, 2.75) is 40.3 Å². The van der Waals surface area contributed by atoms with E-state index in [2.05, 4.69) is 24.3 Å². The minimum absolute atomic E-state index is 0.184. The van der Waals surface area contributed by atoms with Crippen LogP contribution in [0.5, 0.6) is 23.0 Å². The Bertz CT molecular complexity index is 2230. The van der Waals surface area contributed by atoms with Gasteiger partial charge < -0.3 is 23.7 Å². The van der Waals surface area contributed by atoms with Gasteiger partial charge in [0.05, 0.1) is 48.8 Å². The second-order valence-electron chi connectivity index (χ2n) is 11.2. The summed E-state index contributed by atoms with van der Waals surface area (Å²) in [6.07, 6.45) is 1.80. The standard InChI is InChI=1S/C39H38N2O7S/c1-6-45-31-19-17-27(22-33(31)46-7-2)36-35(38(43)47-8-3)24(4)40-39-41(36)37(42)34(49-39)21-25-16-18-30(32(20-25)44-5)48-23-28-14-11-13-26-12-9-10-15-29(26)28/h9-22,36H,6-8,23H2,1-5H3/b34-21-/t36-/m1/s1. The zero-order valence-corrected chi connectivity index (χ0v) is 29.0. The number of hydrogen-bond acceptors (Lipinski definition) is 9. The van der Waals surface area contributed by atoms with E-state index in [1.54, 1.807) is 37.7 Å². The maximum atomic E-state index is 14.2. The number of esters is 1. The van der Waals surface area contributed by atoms with Gasteiger partial charge in [0.2, 0.25) is 0 Å². The molecule has 252 valence electrons.